The molecule has 0 atom stereocenters. The van der Waals surface area contributed by atoms with Crippen molar-refractivity contribution in [2.45, 2.75) is 283 Å². The van der Waals surface area contributed by atoms with E-state index in [1.807, 2.05) is 149 Å². The Bertz CT molecular complexity index is 5240. The van der Waals surface area contributed by atoms with Crippen molar-refractivity contribution in [2.75, 3.05) is 6.61 Å². The molecule has 16 aromatic heterocycles. The Kier molecular flexibility index (Phi) is 37.9. The lowest BCUT2D eigenvalue weighted by molar-refractivity contribution is 0.230. The van der Waals surface area contributed by atoms with Gasteiger partial charge in [0.05, 0.1) is 87.4 Å². The number of nitrogens with zero attached hydrogens (tertiary/aromatic N) is 22. The molecular formula is C97H135N25O2S. The van der Waals surface area contributed by atoms with E-state index in [0.29, 0.717) is 59.2 Å². The minimum Gasteiger partial charge on any atom is -0.478 e. The molecule has 1 aliphatic carbocycles. The van der Waals surface area contributed by atoms with Crippen LogP contribution >= 0.6 is 11.3 Å². The fraction of sp³-hybridized carbons (Fsp3) is 0.464. The van der Waals surface area contributed by atoms with Crippen LogP contribution in [0.4, 0.5) is 0 Å². The molecule has 3 aliphatic rings. The van der Waals surface area contributed by atoms with E-state index in [4.69, 9.17) is 4.74 Å². The maximum atomic E-state index is 5.45. The first-order valence-electron chi connectivity index (χ1n) is 44.5. The first kappa shape index (κ1) is 96.9. The number of rotatable bonds is 10. The van der Waals surface area contributed by atoms with Crippen LogP contribution in [0.25, 0.3) is 44.2 Å². The highest BCUT2D eigenvalue weighted by Gasteiger charge is 2.20. The second-order valence-corrected chi connectivity index (χ2v) is 35.8. The molecule has 27 nitrogen and oxygen atoms in total. The fourth-order valence-corrected chi connectivity index (χ4v) is 13.4. The van der Waals surface area contributed by atoms with Gasteiger partial charge in [-0.1, -0.05) is 188 Å². The smallest absolute Gasteiger partial charge is 0.233 e. The largest absolute Gasteiger partial charge is 0.478 e. The van der Waals surface area contributed by atoms with E-state index in [-0.39, 0.29) is 0 Å². The minimum atomic E-state index is 0.418. The lowest BCUT2D eigenvalue weighted by atomic mass is 9.93. The normalized spacial score (nSPS) is 12.5. The third-order valence-electron chi connectivity index (χ3n) is 20.0. The van der Waals surface area contributed by atoms with Crippen LogP contribution in [0.2, 0.25) is 0 Å². The monoisotopic (exact) mass is 1710 g/mol. The summed E-state index contributed by atoms with van der Waals surface area (Å²) in [6.07, 6.45) is 40.4. The van der Waals surface area contributed by atoms with Crippen molar-refractivity contribution < 1.29 is 9.37 Å². The summed E-state index contributed by atoms with van der Waals surface area (Å²) in [5, 5.41) is 28.8. The Morgan fingerprint density at radius 3 is 1.67 bits per heavy atom. The number of H-pyrrole nitrogens is 3. The van der Waals surface area contributed by atoms with Gasteiger partial charge in [-0.05, 0) is 152 Å². The molecule has 28 heteroatoms. The summed E-state index contributed by atoms with van der Waals surface area (Å²) in [6, 6.07) is 25.8. The van der Waals surface area contributed by atoms with Crippen LogP contribution in [0.15, 0.2) is 188 Å². The quantitative estimate of drug-likeness (QED) is 0.115. The van der Waals surface area contributed by atoms with Crippen LogP contribution < -0.4 is 4.74 Å². The van der Waals surface area contributed by atoms with Crippen molar-refractivity contribution in [3.63, 3.8) is 0 Å². The number of para-hydroxylation sites is 2. The third-order valence-corrected chi connectivity index (χ3v) is 20.7. The van der Waals surface area contributed by atoms with Crippen molar-refractivity contribution in [3.05, 3.63) is 258 Å². The van der Waals surface area contributed by atoms with Crippen LogP contribution in [-0.4, -0.2) is 129 Å². The van der Waals surface area contributed by atoms with Gasteiger partial charge >= 0.3 is 0 Å². The maximum Gasteiger partial charge on any atom is 0.233 e. The number of pyridine rings is 2. The molecule has 20 rings (SSSR count). The summed E-state index contributed by atoms with van der Waals surface area (Å²) in [4.78, 5) is 50.2. The van der Waals surface area contributed by atoms with Crippen molar-refractivity contribution in [1.29, 1.82) is 0 Å². The number of benzene rings is 1. The predicted molar refractivity (Wildman–Crippen MR) is 505 cm³/mol. The molecule has 125 heavy (non-hydrogen) atoms. The molecular weight excluding hydrogens is 1580 g/mol. The zero-order valence-electron chi connectivity index (χ0n) is 78.0. The second kappa shape index (κ2) is 48.9. The highest BCUT2D eigenvalue weighted by molar-refractivity contribution is 7.15. The van der Waals surface area contributed by atoms with Gasteiger partial charge in [-0.15, -0.1) is 11.3 Å². The maximum absolute atomic E-state index is 5.45. The third kappa shape index (κ3) is 30.2. The number of aryl methyl sites for hydroxylation is 4. The molecule has 0 radical (unpaired) electrons. The van der Waals surface area contributed by atoms with Gasteiger partial charge in [0, 0.05) is 135 Å². The van der Waals surface area contributed by atoms with Gasteiger partial charge < -0.3 is 28.1 Å². The van der Waals surface area contributed by atoms with Crippen LogP contribution in [0.5, 0.6) is 5.88 Å². The van der Waals surface area contributed by atoms with E-state index in [2.05, 4.69) is 278 Å². The summed E-state index contributed by atoms with van der Waals surface area (Å²) < 4.78 is 22.2. The lowest BCUT2D eigenvalue weighted by Gasteiger charge is -2.13. The number of ether oxygens (including phenoxy) is 1. The number of hydrogen-bond acceptors (Lipinski definition) is 19. The highest BCUT2D eigenvalue weighted by atomic mass is 32.1. The molecule has 2 aliphatic heterocycles. The van der Waals surface area contributed by atoms with E-state index in [9.17, 15) is 0 Å². The first-order valence-corrected chi connectivity index (χ1v) is 45.4. The second-order valence-electron chi connectivity index (χ2n) is 34.9. The van der Waals surface area contributed by atoms with Crippen LogP contribution in [0.1, 0.15) is 325 Å². The molecule has 1 aromatic carbocycles. The average molecular weight is 1720 g/mol. The molecule has 0 fully saturated rings. The van der Waals surface area contributed by atoms with Gasteiger partial charge in [0.2, 0.25) is 11.7 Å². The van der Waals surface area contributed by atoms with E-state index in [0.717, 1.165) is 116 Å². The standard InChI is InChI=1S/C10H16N2.2C10H12N2.C10H16N2.2C9H11N3.C9H14N2O.C8H10N2S.C7H10N2.C6H5N3.C5H8N2O.C4H10/c2*1-8(2)9-7-12-6-4-3-5-10(12)11-9;1-7(2)10-11-8-5-3-4-6-9(8)12-10;1-7(2)10-8-5-3-4-6-9(8)11-12-10;1-7(2)8-6-12-4-3-10-5-9(12)11-8;1-7(2)8-6-12-5-3-4-10-9(12)11-8;1-7(2)8-6-9-11(10-8)4-3-5-12-9;1-6(2)7-5-10-3-4-11-8(10)9-7;1-6(2)7-4-3-5-8-9-7;1-2-5-6(7-3-1)9-4-8-5;1-4(2)5-3-6-8-7-5;1-4(2)3/h7-8H,3-6H2,1-2H3;3-8H,1-2H3;3-7H,1-2H3,(H,11,12);7H,3-6H2,1-2H3,(H,11,12);2*3-7H,1-2H3;6-7H,3-5H2,1-2H3;3-6H,1-2H3;3-6H,1-2H3;1-4H,(H,7,8,9);3-4H,1-2H3;4H,1-3H3. The summed E-state index contributed by atoms with van der Waals surface area (Å²) >= 11 is 1.68. The van der Waals surface area contributed by atoms with Crippen molar-refractivity contribution in [1.82, 2.24) is 122 Å². The van der Waals surface area contributed by atoms with E-state index in [1.54, 1.807) is 54.8 Å². The molecule has 18 heterocycles. The van der Waals surface area contributed by atoms with Gasteiger partial charge in [-0.3, -0.25) is 18.9 Å². The number of imidazole rings is 7. The first-order chi connectivity index (χ1) is 60.0. The lowest BCUT2D eigenvalue weighted by Crippen LogP contribution is -2.14. The summed E-state index contributed by atoms with van der Waals surface area (Å²) in [7, 11) is 0. The topological polar surface area (TPSA) is 303 Å². The number of aromatic nitrogens is 25. The Morgan fingerprint density at radius 1 is 0.456 bits per heavy atom. The molecule has 666 valence electrons. The fourth-order valence-electron chi connectivity index (χ4n) is 12.7. The van der Waals surface area contributed by atoms with E-state index >= 15 is 0 Å². The number of fused-ring (bicyclic) bond motifs is 9. The average Bonchev–Trinajstić information content (AvgIpc) is 1.68. The van der Waals surface area contributed by atoms with Gasteiger partial charge in [-0.25, -0.2) is 54.2 Å². The number of thiazole rings is 1. The zero-order chi connectivity index (χ0) is 90.1. The van der Waals surface area contributed by atoms with Gasteiger partial charge in [0.25, 0.3) is 0 Å². The SMILES string of the molecule is CC(C)C.CC(C)c1cc2n(n1)CCCO2.CC(C)c1cccnn1.CC(C)c1cn2c(n1)CCCC2.CC(C)c1cn2ccccc2n1.CC(C)c1cn2cccnc2n1.CC(C)c1cn2ccncc2n1.CC(C)c1cn2ccsc2n1.CC(C)c1cnon1.CC(C)c1n[nH]c2c1CCCC2.CC(C)c1nc2ccccc2[nH]1.c1cnc2nc[nH]c2c1. The summed E-state index contributed by atoms with van der Waals surface area (Å²) in [6.45, 7) is 52.3. The molecule has 0 spiro atoms. The summed E-state index contributed by atoms with van der Waals surface area (Å²) in [5.41, 5.74) is 19.0. The molecule has 17 aromatic rings. The Morgan fingerprint density at radius 2 is 1.07 bits per heavy atom. The molecule has 0 saturated carbocycles. The molecule has 0 unspecified atom stereocenters. The number of hydrogen-bond donors (Lipinski definition) is 3. The summed E-state index contributed by atoms with van der Waals surface area (Å²) in [5.74, 6) is 9.89. The van der Waals surface area contributed by atoms with Crippen molar-refractivity contribution in [2.24, 2.45) is 5.92 Å². The zero-order valence-corrected chi connectivity index (χ0v) is 78.8. The molecule has 0 amide bonds. The minimum absolute atomic E-state index is 0.418. The van der Waals surface area contributed by atoms with Gasteiger partial charge in [0.15, 0.2) is 16.3 Å². The number of aromatic amines is 3. The Labute approximate surface area is 742 Å². The molecule has 3 N–H and O–H groups in total. The van der Waals surface area contributed by atoms with Crippen LogP contribution in [0.3, 0.4) is 0 Å². The van der Waals surface area contributed by atoms with Crippen molar-refractivity contribution in [3.8, 4) is 5.88 Å². The Hall–Kier alpha value is -11.9. The van der Waals surface area contributed by atoms with E-state index in [1.165, 1.54) is 85.7 Å². The molecule has 0 bridgehead atoms. The Balaban J connectivity index is 0.000000155. The van der Waals surface area contributed by atoms with Crippen LogP contribution in [0, 0.1) is 5.92 Å². The van der Waals surface area contributed by atoms with Crippen LogP contribution in [-0.2, 0) is 32.4 Å². The predicted octanol–water partition coefficient (Wildman–Crippen LogP) is 23.3. The van der Waals surface area contributed by atoms with Gasteiger partial charge in [-0.2, -0.15) is 20.4 Å². The number of nitrogens with one attached hydrogen (secondary N) is 3. The van der Waals surface area contributed by atoms with Crippen molar-refractivity contribution >= 4 is 55.6 Å². The van der Waals surface area contributed by atoms with E-state index < -0.39 is 0 Å². The van der Waals surface area contributed by atoms with Gasteiger partial charge in [0.1, 0.15) is 23.0 Å². The highest BCUT2D eigenvalue weighted by Crippen LogP contribution is 2.28. The molecule has 0 saturated heterocycles.